The van der Waals surface area contributed by atoms with E-state index in [1.54, 1.807) is 36.4 Å². The first-order valence-electron chi connectivity index (χ1n) is 10.3. The van der Waals surface area contributed by atoms with Crippen LogP contribution in [0.1, 0.15) is 29.8 Å². The highest BCUT2D eigenvalue weighted by atomic mass is 16.5. The largest absolute Gasteiger partial charge is 0.449 e. The van der Waals surface area contributed by atoms with Crippen LogP contribution >= 0.6 is 0 Å². The lowest BCUT2D eigenvalue weighted by atomic mass is 10.1. The van der Waals surface area contributed by atoms with Gasteiger partial charge in [-0.2, -0.15) is 0 Å². The van der Waals surface area contributed by atoms with Crippen LogP contribution in [0.2, 0.25) is 0 Å². The summed E-state index contributed by atoms with van der Waals surface area (Å²) in [5.41, 5.74) is 2.71. The second-order valence-electron chi connectivity index (χ2n) is 7.53. The van der Waals surface area contributed by atoms with Gasteiger partial charge < -0.3 is 25.0 Å². The molecular weight excluding hydrogens is 398 g/mol. The number of carbonyl (C=O) groups is 3. The van der Waals surface area contributed by atoms with Gasteiger partial charge in [0.1, 0.15) is 19.6 Å². The van der Waals surface area contributed by atoms with E-state index in [1.165, 1.54) is 18.7 Å². The quantitative estimate of drug-likeness (QED) is 0.579. The predicted octanol–water partition coefficient (Wildman–Crippen LogP) is 1.24. The third-order valence-electron chi connectivity index (χ3n) is 4.97. The predicted molar refractivity (Wildman–Crippen MR) is 116 cm³/mol. The van der Waals surface area contributed by atoms with E-state index in [4.69, 9.17) is 9.47 Å². The summed E-state index contributed by atoms with van der Waals surface area (Å²) in [6, 6.07) is 14.0. The van der Waals surface area contributed by atoms with E-state index in [0.29, 0.717) is 16.9 Å². The molecule has 0 saturated carbocycles. The summed E-state index contributed by atoms with van der Waals surface area (Å²) in [7, 11) is 0. The highest BCUT2D eigenvalue weighted by molar-refractivity contribution is 5.97. The van der Waals surface area contributed by atoms with E-state index in [2.05, 4.69) is 10.6 Å². The Morgan fingerprint density at radius 2 is 1.55 bits per heavy atom. The molecule has 8 nitrogen and oxygen atoms in total. The van der Waals surface area contributed by atoms with Gasteiger partial charge in [-0.1, -0.05) is 12.1 Å². The minimum absolute atomic E-state index is 0.173. The molecule has 0 spiro atoms. The van der Waals surface area contributed by atoms with Gasteiger partial charge in [0.2, 0.25) is 5.91 Å². The number of rotatable bonds is 7. The number of ether oxygens (including phenoxy) is 2. The van der Waals surface area contributed by atoms with Crippen molar-refractivity contribution in [2.45, 2.75) is 26.5 Å². The molecule has 3 N–H and O–H groups in total. The average molecular weight is 426 g/mol. The SMILES string of the molecule is CC(=O)Nc1ccc(NC(=O)[C@H](C)OC(=O)c2ccc(C[NH+]3CCOCC3)cc2)cc1. The molecule has 1 saturated heterocycles. The molecular formula is C23H28N3O5+. The first-order valence-corrected chi connectivity index (χ1v) is 10.3. The van der Waals surface area contributed by atoms with Crippen molar-refractivity contribution in [1.82, 2.24) is 0 Å². The Bertz CT molecular complexity index is 906. The third kappa shape index (κ3) is 6.91. The first-order chi connectivity index (χ1) is 14.9. The molecule has 1 aliphatic heterocycles. The van der Waals surface area contributed by atoms with Gasteiger partial charge in [0.05, 0.1) is 18.8 Å². The summed E-state index contributed by atoms with van der Waals surface area (Å²) >= 11 is 0. The highest BCUT2D eigenvalue weighted by Gasteiger charge is 2.20. The summed E-state index contributed by atoms with van der Waals surface area (Å²) in [5, 5.41) is 5.34. The van der Waals surface area contributed by atoms with Crippen LogP contribution in [-0.2, 0) is 25.6 Å². The van der Waals surface area contributed by atoms with Gasteiger partial charge in [-0.15, -0.1) is 0 Å². The van der Waals surface area contributed by atoms with Gasteiger partial charge in [0.15, 0.2) is 6.10 Å². The number of benzene rings is 2. The van der Waals surface area contributed by atoms with Crippen LogP contribution in [-0.4, -0.2) is 50.2 Å². The second kappa shape index (κ2) is 10.7. The van der Waals surface area contributed by atoms with E-state index in [-0.39, 0.29) is 5.91 Å². The van der Waals surface area contributed by atoms with Crippen molar-refractivity contribution in [3.63, 3.8) is 0 Å². The van der Waals surface area contributed by atoms with Crippen LogP contribution in [0.3, 0.4) is 0 Å². The summed E-state index contributed by atoms with van der Waals surface area (Å²) in [5.74, 6) is -1.16. The van der Waals surface area contributed by atoms with Crippen LogP contribution in [0.4, 0.5) is 11.4 Å². The monoisotopic (exact) mass is 426 g/mol. The lowest BCUT2D eigenvalue weighted by molar-refractivity contribution is -0.921. The maximum absolute atomic E-state index is 12.4. The third-order valence-corrected chi connectivity index (χ3v) is 4.97. The summed E-state index contributed by atoms with van der Waals surface area (Å²) in [6.45, 7) is 7.34. The molecule has 31 heavy (non-hydrogen) atoms. The number of esters is 1. The molecule has 8 heteroatoms. The van der Waals surface area contributed by atoms with Crippen molar-refractivity contribution >= 4 is 29.2 Å². The fourth-order valence-corrected chi connectivity index (χ4v) is 3.25. The fraction of sp³-hybridized carbons (Fsp3) is 0.348. The molecule has 0 aliphatic carbocycles. The lowest BCUT2D eigenvalue weighted by Crippen LogP contribution is -3.12. The van der Waals surface area contributed by atoms with Gasteiger partial charge in [-0.3, -0.25) is 9.59 Å². The molecule has 0 radical (unpaired) electrons. The molecule has 0 bridgehead atoms. The van der Waals surface area contributed by atoms with E-state index in [0.717, 1.165) is 38.4 Å². The van der Waals surface area contributed by atoms with Gasteiger partial charge >= 0.3 is 5.97 Å². The Kier molecular flexibility index (Phi) is 7.75. The first kappa shape index (κ1) is 22.5. The zero-order valence-corrected chi connectivity index (χ0v) is 17.8. The normalized spacial score (nSPS) is 15.0. The van der Waals surface area contributed by atoms with Crippen molar-refractivity contribution in [1.29, 1.82) is 0 Å². The van der Waals surface area contributed by atoms with Crippen LogP contribution in [0.5, 0.6) is 0 Å². The Labute approximate surface area is 181 Å². The number of anilines is 2. The summed E-state index contributed by atoms with van der Waals surface area (Å²) in [6.07, 6.45) is -0.958. The minimum Gasteiger partial charge on any atom is -0.449 e. The van der Waals surface area contributed by atoms with E-state index < -0.39 is 18.0 Å². The molecule has 3 rings (SSSR count). The second-order valence-corrected chi connectivity index (χ2v) is 7.53. The van der Waals surface area contributed by atoms with Crippen molar-refractivity contribution < 1.29 is 28.8 Å². The highest BCUT2D eigenvalue weighted by Crippen LogP contribution is 2.14. The van der Waals surface area contributed by atoms with Crippen LogP contribution in [0, 0.1) is 0 Å². The molecule has 1 fully saturated rings. The van der Waals surface area contributed by atoms with Crippen LogP contribution in [0.15, 0.2) is 48.5 Å². The van der Waals surface area contributed by atoms with Gasteiger partial charge in [-0.05, 0) is 43.3 Å². The zero-order chi connectivity index (χ0) is 22.2. The van der Waals surface area contributed by atoms with Crippen molar-refractivity contribution in [2.24, 2.45) is 0 Å². The topological polar surface area (TPSA) is 98.2 Å². The Morgan fingerprint density at radius 1 is 0.968 bits per heavy atom. The molecule has 2 aromatic carbocycles. The summed E-state index contributed by atoms with van der Waals surface area (Å²) < 4.78 is 10.7. The number of amides is 2. The molecule has 1 atom stereocenters. The number of quaternary nitrogens is 1. The molecule has 0 unspecified atom stereocenters. The fourth-order valence-electron chi connectivity index (χ4n) is 3.25. The van der Waals surface area contributed by atoms with E-state index >= 15 is 0 Å². The smallest absolute Gasteiger partial charge is 0.338 e. The number of hydrogen-bond acceptors (Lipinski definition) is 5. The van der Waals surface area contributed by atoms with Crippen molar-refractivity contribution in [3.05, 3.63) is 59.7 Å². The van der Waals surface area contributed by atoms with Gasteiger partial charge in [0, 0.05) is 23.9 Å². The number of hydrogen-bond donors (Lipinski definition) is 3. The molecule has 2 aromatic rings. The standard InChI is InChI=1S/C23H27N3O5/c1-16(22(28)25-21-9-7-20(8-10-21)24-17(2)27)31-23(29)19-5-3-18(4-6-19)15-26-11-13-30-14-12-26/h3-10,16H,11-15H2,1-2H3,(H,24,27)(H,25,28)/p+1/t16-/m0/s1. The van der Waals surface area contributed by atoms with Crippen LogP contribution in [0.25, 0.3) is 0 Å². The molecule has 1 aliphatic rings. The zero-order valence-electron chi connectivity index (χ0n) is 17.8. The van der Waals surface area contributed by atoms with Crippen molar-refractivity contribution in [3.8, 4) is 0 Å². The van der Waals surface area contributed by atoms with Crippen molar-refractivity contribution in [2.75, 3.05) is 36.9 Å². The molecule has 2 amide bonds. The molecule has 164 valence electrons. The Hall–Kier alpha value is -3.23. The number of nitrogens with one attached hydrogen (secondary N) is 3. The average Bonchev–Trinajstić information content (AvgIpc) is 2.76. The Morgan fingerprint density at radius 3 is 2.13 bits per heavy atom. The Balaban J connectivity index is 1.49. The maximum Gasteiger partial charge on any atom is 0.338 e. The van der Waals surface area contributed by atoms with Gasteiger partial charge in [-0.25, -0.2) is 4.79 Å². The van der Waals surface area contributed by atoms with E-state index in [1.807, 2.05) is 12.1 Å². The molecule has 0 aromatic heterocycles. The summed E-state index contributed by atoms with van der Waals surface area (Å²) in [4.78, 5) is 37.3. The van der Waals surface area contributed by atoms with Gasteiger partial charge in [0.25, 0.3) is 5.91 Å². The number of carbonyl (C=O) groups excluding carboxylic acids is 3. The maximum atomic E-state index is 12.4. The minimum atomic E-state index is -0.958. The van der Waals surface area contributed by atoms with Crippen LogP contribution < -0.4 is 15.5 Å². The lowest BCUT2D eigenvalue weighted by Gasteiger charge is -2.23. The molecule has 1 heterocycles. The number of morpholine rings is 1. The van der Waals surface area contributed by atoms with E-state index in [9.17, 15) is 14.4 Å².